The lowest BCUT2D eigenvalue weighted by atomic mass is 10.1. The van der Waals surface area contributed by atoms with Gasteiger partial charge in [-0.2, -0.15) is 16.4 Å². The predicted molar refractivity (Wildman–Crippen MR) is 80.0 cm³/mol. The molecular weight excluding hydrogens is 312 g/mol. The van der Waals surface area contributed by atoms with E-state index in [4.69, 9.17) is 15.6 Å². The number of nitrogen functional groups attached to an aromatic ring is 1. The first kappa shape index (κ1) is 16.8. The summed E-state index contributed by atoms with van der Waals surface area (Å²) in [6.07, 6.45) is -0.215. The van der Waals surface area contributed by atoms with Gasteiger partial charge < -0.3 is 25.8 Å². The number of anilines is 1. The fourth-order valence-corrected chi connectivity index (χ4v) is 2.79. The highest BCUT2D eigenvalue weighted by atomic mass is 32.2. The molecule has 11 heteroatoms. The van der Waals surface area contributed by atoms with E-state index in [9.17, 15) is 10.2 Å². The lowest BCUT2D eigenvalue weighted by Gasteiger charge is -2.14. The Bertz CT molecular complexity index is 626. The molecule has 1 aliphatic rings. The molecular formula is C11H18N6O4S. The zero-order chi connectivity index (χ0) is 16.3. The maximum atomic E-state index is 10.1. The summed E-state index contributed by atoms with van der Waals surface area (Å²) >= 11 is 1.52. The molecule has 0 spiro atoms. The largest absolute Gasteiger partial charge is 0.400 e. The highest BCUT2D eigenvalue weighted by molar-refractivity contribution is 7.98. The van der Waals surface area contributed by atoms with Gasteiger partial charge in [0, 0.05) is 12.9 Å². The fourth-order valence-electron chi connectivity index (χ4n) is 2.19. The normalized spacial score (nSPS) is 27.7. The topological polar surface area (TPSA) is 152 Å². The summed E-state index contributed by atoms with van der Waals surface area (Å²) in [5.41, 5.74) is 6.38. The lowest BCUT2D eigenvalue weighted by molar-refractivity contribution is -0.0372. The van der Waals surface area contributed by atoms with Gasteiger partial charge in [-0.05, 0) is 6.26 Å². The molecule has 1 aliphatic heterocycles. The van der Waals surface area contributed by atoms with Crippen LogP contribution in [0, 0.1) is 0 Å². The Labute approximate surface area is 130 Å². The first-order valence-corrected chi connectivity index (χ1v) is 7.79. The van der Waals surface area contributed by atoms with Gasteiger partial charge in [0.1, 0.15) is 18.5 Å². The van der Waals surface area contributed by atoms with Crippen molar-refractivity contribution in [3.8, 4) is 0 Å². The van der Waals surface area contributed by atoms with Crippen LogP contribution >= 0.6 is 11.8 Å². The van der Waals surface area contributed by atoms with E-state index in [1.807, 2.05) is 6.26 Å². The van der Waals surface area contributed by atoms with Gasteiger partial charge in [0.05, 0.1) is 6.10 Å². The molecule has 0 saturated carbocycles. The van der Waals surface area contributed by atoms with Crippen LogP contribution in [0.3, 0.4) is 0 Å². The van der Waals surface area contributed by atoms with E-state index in [0.29, 0.717) is 16.9 Å². The van der Waals surface area contributed by atoms with Crippen LogP contribution in [0.2, 0.25) is 0 Å². The van der Waals surface area contributed by atoms with Gasteiger partial charge in [-0.3, -0.25) is 0 Å². The molecule has 0 aliphatic carbocycles. The number of aliphatic hydroxyl groups is 3. The highest BCUT2D eigenvalue weighted by Gasteiger charge is 2.44. The molecule has 4 atom stereocenters. The Kier molecular flexibility index (Phi) is 5.47. The predicted octanol–water partition coefficient (Wildman–Crippen LogP) is -1.61. The van der Waals surface area contributed by atoms with Gasteiger partial charge in [0.2, 0.25) is 0 Å². The molecule has 2 aromatic rings. The van der Waals surface area contributed by atoms with Crippen LogP contribution in [0.4, 0.5) is 5.82 Å². The first-order chi connectivity index (χ1) is 10.6. The van der Waals surface area contributed by atoms with Crippen LogP contribution in [0.1, 0.15) is 6.23 Å². The molecule has 0 bridgehead atoms. The van der Waals surface area contributed by atoms with Crippen LogP contribution < -0.4 is 5.73 Å². The molecule has 1 fully saturated rings. The van der Waals surface area contributed by atoms with E-state index in [1.54, 1.807) is 0 Å². The molecule has 4 unspecified atom stereocenters. The number of aliphatic hydroxyl groups excluding tert-OH is 3. The minimum absolute atomic E-state index is 0.204. The zero-order valence-corrected chi connectivity index (χ0v) is 12.9. The van der Waals surface area contributed by atoms with Crippen LogP contribution in [-0.2, 0) is 4.74 Å². The van der Waals surface area contributed by atoms with Crippen molar-refractivity contribution >= 4 is 28.7 Å². The van der Waals surface area contributed by atoms with Crippen LogP contribution in [-0.4, -0.2) is 77.7 Å². The molecule has 3 heterocycles. The molecule has 22 heavy (non-hydrogen) atoms. The third kappa shape index (κ3) is 2.85. The average molecular weight is 330 g/mol. The molecule has 5 N–H and O–H groups in total. The molecule has 122 valence electrons. The number of nitrogens with two attached hydrogens (primary N) is 1. The molecule has 0 radical (unpaired) electrons. The van der Waals surface area contributed by atoms with Crippen molar-refractivity contribution in [2.24, 2.45) is 0 Å². The summed E-state index contributed by atoms with van der Waals surface area (Å²) in [6, 6.07) is 0. The zero-order valence-electron chi connectivity index (χ0n) is 12.1. The van der Waals surface area contributed by atoms with E-state index in [1.165, 1.54) is 22.8 Å². The molecule has 10 nitrogen and oxygen atoms in total. The lowest BCUT2D eigenvalue weighted by Crippen LogP contribution is -2.32. The SMILES string of the molecule is CO.CSCC1OC(n2nnc3c(N)ncnc32)C(O)C1O. The summed E-state index contributed by atoms with van der Waals surface area (Å²) in [7, 11) is 1.00. The number of rotatable bonds is 3. The van der Waals surface area contributed by atoms with Crippen molar-refractivity contribution in [1.82, 2.24) is 25.0 Å². The van der Waals surface area contributed by atoms with Crippen molar-refractivity contribution in [3.05, 3.63) is 6.33 Å². The smallest absolute Gasteiger partial charge is 0.186 e. The van der Waals surface area contributed by atoms with E-state index in [2.05, 4.69) is 20.3 Å². The van der Waals surface area contributed by atoms with Crippen LogP contribution in [0.25, 0.3) is 11.2 Å². The maximum absolute atomic E-state index is 10.1. The van der Waals surface area contributed by atoms with Crippen molar-refractivity contribution in [1.29, 1.82) is 0 Å². The summed E-state index contributed by atoms with van der Waals surface area (Å²) < 4.78 is 6.98. The quantitative estimate of drug-likeness (QED) is 0.517. The Morgan fingerprint density at radius 3 is 2.73 bits per heavy atom. The van der Waals surface area contributed by atoms with Crippen molar-refractivity contribution in [2.75, 3.05) is 24.9 Å². The van der Waals surface area contributed by atoms with Crippen LogP contribution in [0.5, 0.6) is 0 Å². The Hall–Kier alpha value is -1.53. The monoisotopic (exact) mass is 330 g/mol. The van der Waals surface area contributed by atoms with Gasteiger partial charge in [-0.15, -0.1) is 5.10 Å². The van der Waals surface area contributed by atoms with Crippen molar-refractivity contribution in [2.45, 2.75) is 24.5 Å². The Balaban J connectivity index is 0.000000847. The number of aromatic nitrogens is 5. The Morgan fingerprint density at radius 1 is 1.32 bits per heavy atom. The first-order valence-electron chi connectivity index (χ1n) is 6.40. The minimum Gasteiger partial charge on any atom is -0.400 e. The van der Waals surface area contributed by atoms with Crippen LogP contribution in [0.15, 0.2) is 6.33 Å². The van der Waals surface area contributed by atoms with E-state index >= 15 is 0 Å². The number of fused-ring (bicyclic) bond motifs is 1. The minimum atomic E-state index is -1.10. The maximum Gasteiger partial charge on any atom is 0.186 e. The summed E-state index contributed by atoms with van der Waals surface area (Å²) in [6.45, 7) is 0. The second-order valence-corrected chi connectivity index (χ2v) is 5.38. The number of thioether (sulfide) groups is 1. The standard InChI is InChI=1S/C10H14N6O3S.CH4O/c1-20-2-4-6(17)7(18)10(19-4)16-9-5(14-15-16)8(11)12-3-13-9;1-2/h3-4,6-7,10,17-18H,2H2,1H3,(H2,11,12,13);2H,1H3. The second kappa shape index (κ2) is 7.15. The second-order valence-electron chi connectivity index (χ2n) is 4.47. The summed E-state index contributed by atoms with van der Waals surface area (Å²) in [5, 5.41) is 34.9. The third-order valence-corrected chi connectivity index (χ3v) is 3.86. The number of hydrogen-bond donors (Lipinski definition) is 4. The van der Waals surface area contributed by atoms with E-state index < -0.39 is 24.5 Å². The average Bonchev–Trinajstić information content (AvgIpc) is 3.07. The van der Waals surface area contributed by atoms with Gasteiger partial charge >= 0.3 is 0 Å². The number of nitrogens with zero attached hydrogens (tertiary/aromatic N) is 5. The summed E-state index contributed by atoms with van der Waals surface area (Å²) in [5.74, 6) is 0.772. The molecule has 1 saturated heterocycles. The number of hydrogen-bond acceptors (Lipinski definition) is 10. The fraction of sp³-hybridized carbons (Fsp3) is 0.636. The number of ether oxygens (including phenoxy) is 1. The molecule has 2 aromatic heterocycles. The third-order valence-electron chi connectivity index (χ3n) is 3.20. The molecule has 3 rings (SSSR count). The van der Waals surface area contributed by atoms with E-state index in [-0.39, 0.29) is 5.82 Å². The van der Waals surface area contributed by atoms with Gasteiger partial charge in [-0.25, -0.2) is 9.97 Å². The highest BCUT2D eigenvalue weighted by Crippen LogP contribution is 2.32. The molecule has 0 amide bonds. The van der Waals surface area contributed by atoms with Gasteiger partial charge in [-0.1, -0.05) is 5.21 Å². The van der Waals surface area contributed by atoms with Gasteiger partial charge in [0.25, 0.3) is 0 Å². The van der Waals surface area contributed by atoms with Crippen molar-refractivity contribution < 1.29 is 20.1 Å². The Morgan fingerprint density at radius 2 is 2.05 bits per heavy atom. The van der Waals surface area contributed by atoms with Crippen molar-refractivity contribution in [3.63, 3.8) is 0 Å². The van der Waals surface area contributed by atoms with Gasteiger partial charge in [0.15, 0.2) is 23.2 Å². The summed E-state index contributed by atoms with van der Waals surface area (Å²) in [4.78, 5) is 7.87. The van der Waals surface area contributed by atoms with E-state index in [0.717, 1.165) is 7.11 Å². The molecule has 0 aromatic carbocycles.